The van der Waals surface area contributed by atoms with E-state index in [0.717, 1.165) is 5.56 Å². The van der Waals surface area contributed by atoms with Gasteiger partial charge < -0.3 is 16.4 Å². The molecule has 0 saturated heterocycles. The van der Waals surface area contributed by atoms with E-state index in [2.05, 4.69) is 20.6 Å². The Labute approximate surface area is 111 Å². The first-order valence-electron chi connectivity index (χ1n) is 5.83. The SMILES string of the molecule is CC(N)c1cccc(NC(=O)Nc2cncnc2)c1. The van der Waals surface area contributed by atoms with Crippen molar-refractivity contribution >= 4 is 17.4 Å². The van der Waals surface area contributed by atoms with Gasteiger partial charge in [0, 0.05) is 11.7 Å². The average Bonchev–Trinajstić information content (AvgIpc) is 2.40. The monoisotopic (exact) mass is 257 g/mol. The third kappa shape index (κ3) is 3.75. The van der Waals surface area contributed by atoms with Crippen molar-refractivity contribution in [3.63, 3.8) is 0 Å². The van der Waals surface area contributed by atoms with Gasteiger partial charge in [-0.15, -0.1) is 0 Å². The Kier molecular flexibility index (Phi) is 4.04. The van der Waals surface area contributed by atoms with Crippen molar-refractivity contribution in [3.8, 4) is 0 Å². The molecule has 4 N–H and O–H groups in total. The van der Waals surface area contributed by atoms with Gasteiger partial charge in [-0.1, -0.05) is 12.1 Å². The highest BCUT2D eigenvalue weighted by atomic mass is 16.2. The number of nitrogens with one attached hydrogen (secondary N) is 2. The molecule has 0 radical (unpaired) electrons. The quantitative estimate of drug-likeness (QED) is 0.785. The van der Waals surface area contributed by atoms with Crippen LogP contribution in [0.2, 0.25) is 0 Å². The van der Waals surface area contributed by atoms with Crippen molar-refractivity contribution < 1.29 is 4.79 Å². The molecule has 1 aromatic carbocycles. The Hall–Kier alpha value is -2.47. The van der Waals surface area contributed by atoms with Crippen molar-refractivity contribution in [2.45, 2.75) is 13.0 Å². The predicted octanol–water partition coefficient (Wildman–Crippen LogP) is 2.14. The van der Waals surface area contributed by atoms with Gasteiger partial charge in [-0.25, -0.2) is 14.8 Å². The number of carbonyl (C=O) groups excluding carboxylic acids is 1. The van der Waals surface area contributed by atoms with Crippen LogP contribution in [0.3, 0.4) is 0 Å². The van der Waals surface area contributed by atoms with E-state index >= 15 is 0 Å². The number of benzene rings is 1. The first-order chi connectivity index (χ1) is 9.15. The molecule has 1 aromatic heterocycles. The Bertz CT molecular complexity index is 556. The Balaban J connectivity index is 2.01. The van der Waals surface area contributed by atoms with Gasteiger partial charge in [-0.05, 0) is 24.6 Å². The maximum Gasteiger partial charge on any atom is 0.323 e. The van der Waals surface area contributed by atoms with E-state index in [1.54, 1.807) is 6.07 Å². The summed E-state index contributed by atoms with van der Waals surface area (Å²) in [6.45, 7) is 1.89. The summed E-state index contributed by atoms with van der Waals surface area (Å²) in [5, 5.41) is 5.36. The molecule has 0 fully saturated rings. The summed E-state index contributed by atoms with van der Waals surface area (Å²) in [5.74, 6) is 0. The average molecular weight is 257 g/mol. The minimum absolute atomic E-state index is 0.0765. The van der Waals surface area contributed by atoms with Crippen LogP contribution >= 0.6 is 0 Å². The lowest BCUT2D eigenvalue weighted by Gasteiger charge is -2.10. The second-order valence-corrected chi connectivity index (χ2v) is 4.12. The highest BCUT2D eigenvalue weighted by Crippen LogP contribution is 2.15. The number of aromatic nitrogens is 2. The Morgan fingerprint density at radius 2 is 1.89 bits per heavy atom. The van der Waals surface area contributed by atoms with Crippen molar-refractivity contribution in [1.29, 1.82) is 0 Å². The van der Waals surface area contributed by atoms with Crippen LogP contribution in [0.5, 0.6) is 0 Å². The first kappa shape index (κ1) is 13.0. The lowest BCUT2D eigenvalue weighted by atomic mass is 10.1. The molecular weight excluding hydrogens is 242 g/mol. The second-order valence-electron chi connectivity index (χ2n) is 4.12. The molecule has 1 unspecified atom stereocenters. The molecule has 98 valence electrons. The summed E-state index contributed by atoms with van der Waals surface area (Å²) < 4.78 is 0. The number of hydrogen-bond donors (Lipinski definition) is 3. The zero-order chi connectivity index (χ0) is 13.7. The van der Waals surface area contributed by atoms with Gasteiger partial charge in [0.2, 0.25) is 0 Å². The molecule has 2 amide bonds. The zero-order valence-corrected chi connectivity index (χ0v) is 10.5. The summed E-state index contributed by atoms with van der Waals surface area (Å²) in [6, 6.07) is 6.97. The fourth-order valence-electron chi connectivity index (χ4n) is 1.56. The summed E-state index contributed by atoms with van der Waals surface area (Å²) in [5.41, 5.74) is 7.97. The molecule has 0 spiro atoms. The molecule has 6 nitrogen and oxygen atoms in total. The van der Waals surface area contributed by atoms with Gasteiger partial charge in [0.05, 0.1) is 18.1 Å². The topological polar surface area (TPSA) is 92.9 Å². The van der Waals surface area contributed by atoms with E-state index in [1.165, 1.54) is 18.7 Å². The molecule has 0 bridgehead atoms. The van der Waals surface area contributed by atoms with Crippen LogP contribution in [0.4, 0.5) is 16.2 Å². The third-order valence-corrected chi connectivity index (χ3v) is 2.49. The molecule has 0 saturated carbocycles. The summed E-state index contributed by atoms with van der Waals surface area (Å²) in [6.07, 6.45) is 4.44. The highest BCUT2D eigenvalue weighted by Gasteiger charge is 2.05. The lowest BCUT2D eigenvalue weighted by molar-refractivity contribution is 0.262. The molecule has 2 rings (SSSR count). The fraction of sp³-hybridized carbons (Fsp3) is 0.154. The summed E-state index contributed by atoms with van der Waals surface area (Å²) >= 11 is 0. The number of rotatable bonds is 3. The van der Waals surface area contributed by atoms with E-state index in [0.29, 0.717) is 11.4 Å². The molecule has 0 aliphatic heterocycles. The van der Waals surface area contributed by atoms with E-state index in [9.17, 15) is 4.79 Å². The van der Waals surface area contributed by atoms with E-state index in [-0.39, 0.29) is 12.1 Å². The maximum atomic E-state index is 11.8. The summed E-state index contributed by atoms with van der Waals surface area (Å²) in [4.78, 5) is 19.4. The molecule has 2 aromatic rings. The molecule has 1 atom stereocenters. The van der Waals surface area contributed by atoms with Crippen LogP contribution in [0.25, 0.3) is 0 Å². The van der Waals surface area contributed by atoms with Crippen LogP contribution in [0, 0.1) is 0 Å². The second kappa shape index (κ2) is 5.92. The van der Waals surface area contributed by atoms with Crippen LogP contribution in [-0.4, -0.2) is 16.0 Å². The Morgan fingerprint density at radius 3 is 2.58 bits per heavy atom. The van der Waals surface area contributed by atoms with E-state index < -0.39 is 0 Å². The van der Waals surface area contributed by atoms with Gasteiger partial charge in [0.25, 0.3) is 0 Å². The zero-order valence-electron chi connectivity index (χ0n) is 10.5. The number of nitrogens with two attached hydrogens (primary N) is 1. The molecule has 1 heterocycles. The predicted molar refractivity (Wildman–Crippen MR) is 73.7 cm³/mol. The number of carbonyl (C=O) groups is 1. The molecule has 0 aliphatic rings. The van der Waals surface area contributed by atoms with Crippen molar-refractivity contribution in [3.05, 3.63) is 48.5 Å². The van der Waals surface area contributed by atoms with Gasteiger partial charge in [-0.3, -0.25) is 0 Å². The molecule has 0 aliphatic carbocycles. The summed E-state index contributed by atoms with van der Waals surface area (Å²) in [7, 11) is 0. The van der Waals surface area contributed by atoms with Crippen LogP contribution < -0.4 is 16.4 Å². The van der Waals surface area contributed by atoms with Crippen molar-refractivity contribution in [2.75, 3.05) is 10.6 Å². The number of hydrogen-bond acceptors (Lipinski definition) is 4. The third-order valence-electron chi connectivity index (χ3n) is 2.49. The van der Waals surface area contributed by atoms with Crippen LogP contribution in [0.1, 0.15) is 18.5 Å². The minimum atomic E-state index is -0.350. The van der Waals surface area contributed by atoms with Gasteiger partial charge in [0.15, 0.2) is 0 Å². The standard InChI is InChI=1S/C13H15N5O/c1-9(14)10-3-2-4-11(5-10)17-13(19)18-12-6-15-8-16-7-12/h2-9H,14H2,1H3,(H2,17,18,19). The van der Waals surface area contributed by atoms with Gasteiger partial charge >= 0.3 is 6.03 Å². The largest absolute Gasteiger partial charge is 0.324 e. The van der Waals surface area contributed by atoms with E-state index in [4.69, 9.17) is 5.73 Å². The number of amides is 2. The van der Waals surface area contributed by atoms with Crippen LogP contribution in [-0.2, 0) is 0 Å². The first-order valence-corrected chi connectivity index (χ1v) is 5.83. The fourth-order valence-corrected chi connectivity index (χ4v) is 1.56. The van der Waals surface area contributed by atoms with Gasteiger partial charge in [0.1, 0.15) is 6.33 Å². The number of nitrogens with zero attached hydrogens (tertiary/aromatic N) is 2. The Morgan fingerprint density at radius 1 is 1.21 bits per heavy atom. The molecule has 19 heavy (non-hydrogen) atoms. The maximum absolute atomic E-state index is 11.8. The normalized spacial score (nSPS) is 11.7. The van der Waals surface area contributed by atoms with Crippen LogP contribution in [0.15, 0.2) is 43.0 Å². The molecule has 6 heteroatoms. The number of urea groups is 1. The lowest BCUT2D eigenvalue weighted by Crippen LogP contribution is -2.19. The number of anilines is 2. The highest BCUT2D eigenvalue weighted by molar-refractivity contribution is 5.99. The smallest absolute Gasteiger partial charge is 0.323 e. The van der Waals surface area contributed by atoms with Crippen molar-refractivity contribution in [2.24, 2.45) is 5.73 Å². The van der Waals surface area contributed by atoms with E-state index in [1.807, 2.05) is 25.1 Å². The van der Waals surface area contributed by atoms with Crippen molar-refractivity contribution in [1.82, 2.24) is 9.97 Å². The molecular formula is C13H15N5O. The van der Waals surface area contributed by atoms with Gasteiger partial charge in [-0.2, -0.15) is 0 Å². The minimum Gasteiger partial charge on any atom is -0.324 e.